The summed E-state index contributed by atoms with van der Waals surface area (Å²) in [6.07, 6.45) is 6.17. The first-order valence-electron chi connectivity index (χ1n) is 9.90. The van der Waals surface area contributed by atoms with Gasteiger partial charge in [0.05, 0.1) is 34.4 Å². The molecule has 3 aromatic rings. The molecular weight excluding hydrogens is 380 g/mol. The van der Waals surface area contributed by atoms with Gasteiger partial charge in [-0.2, -0.15) is 5.10 Å². The summed E-state index contributed by atoms with van der Waals surface area (Å²) < 4.78 is 1.81. The minimum atomic E-state index is -0.228. The number of nitrogens with zero attached hydrogens (tertiary/aromatic N) is 7. The lowest BCUT2D eigenvalue weighted by Crippen LogP contribution is -2.32. The molecule has 0 fully saturated rings. The van der Waals surface area contributed by atoms with Crippen LogP contribution in [-0.2, 0) is 11.8 Å². The van der Waals surface area contributed by atoms with Gasteiger partial charge in [0.15, 0.2) is 0 Å². The second-order valence-electron chi connectivity index (χ2n) is 7.80. The maximum Gasteiger partial charge on any atom is 0.269 e. The Morgan fingerprint density at radius 1 is 1.30 bits per heavy atom. The first-order valence-corrected chi connectivity index (χ1v) is 9.90. The molecule has 30 heavy (non-hydrogen) atoms. The Morgan fingerprint density at radius 3 is 2.87 bits per heavy atom. The number of aliphatic imine (C=N–C) groups is 1. The molecule has 1 aromatic carbocycles. The molecule has 0 saturated heterocycles. The number of anilines is 1. The van der Waals surface area contributed by atoms with Gasteiger partial charge in [-0.15, -0.1) is 0 Å². The highest BCUT2D eigenvalue weighted by Gasteiger charge is 2.20. The summed E-state index contributed by atoms with van der Waals surface area (Å²) in [7, 11) is 5.27. The standard InChI is InChI=1S/C21H26N8O/c1-13-8-17-15(11-28(4)26-17)18-19(13)24-12-25-20(18)29-7-5-6-23-14(10-29)9-16(22)21(30)27(2)3/h8-9,11-12H,5-7,10,22H2,1-4H3/b16-9-. The first kappa shape index (κ1) is 19.8. The second kappa shape index (κ2) is 7.74. The van der Waals surface area contributed by atoms with Gasteiger partial charge >= 0.3 is 0 Å². The van der Waals surface area contributed by atoms with E-state index in [1.807, 2.05) is 24.9 Å². The van der Waals surface area contributed by atoms with Crippen molar-refractivity contribution in [1.29, 1.82) is 0 Å². The average molecular weight is 406 g/mol. The minimum absolute atomic E-state index is 0.179. The summed E-state index contributed by atoms with van der Waals surface area (Å²) in [5.74, 6) is 0.621. The molecule has 9 nitrogen and oxygen atoms in total. The number of hydrogen-bond donors (Lipinski definition) is 1. The molecule has 0 spiro atoms. The van der Waals surface area contributed by atoms with E-state index in [1.54, 1.807) is 26.5 Å². The van der Waals surface area contributed by atoms with E-state index in [4.69, 9.17) is 5.73 Å². The molecular formula is C21H26N8O. The average Bonchev–Trinajstić information content (AvgIpc) is 2.93. The van der Waals surface area contributed by atoms with Crippen LogP contribution in [0.3, 0.4) is 0 Å². The Morgan fingerprint density at radius 2 is 2.10 bits per heavy atom. The zero-order valence-corrected chi connectivity index (χ0v) is 17.8. The van der Waals surface area contributed by atoms with E-state index in [0.717, 1.165) is 51.9 Å². The summed E-state index contributed by atoms with van der Waals surface area (Å²) in [4.78, 5) is 29.6. The van der Waals surface area contributed by atoms with Crippen LogP contribution in [0.1, 0.15) is 12.0 Å². The number of likely N-dealkylation sites (N-methyl/N-ethyl adjacent to an activating group) is 1. The Balaban J connectivity index is 1.79. The maximum absolute atomic E-state index is 12.1. The van der Waals surface area contributed by atoms with E-state index >= 15 is 0 Å². The number of aromatic nitrogens is 4. The van der Waals surface area contributed by atoms with Crippen molar-refractivity contribution >= 4 is 39.2 Å². The molecule has 0 aliphatic carbocycles. The van der Waals surface area contributed by atoms with Gasteiger partial charge < -0.3 is 15.5 Å². The molecule has 4 rings (SSSR count). The SMILES string of the molecule is Cc1cc2nn(C)cc2c2c(N3CCCN=C(/C=C(\N)C(=O)N(C)C)C3)ncnc12. The highest BCUT2D eigenvalue weighted by molar-refractivity contribution is 6.12. The van der Waals surface area contributed by atoms with E-state index in [2.05, 4.69) is 31.0 Å². The number of rotatable bonds is 3. The van der Waals surface area contributed by atoms with Crippen molar-refractivity contribution in [2.75, 3.05) is 38.6 Å². The largest absolute Gasteiger partial charge is 0.394 e. The summed E-state index contributed by atoms with van der Waals surface area (Å²) in [5, 5.41) is 6.58. The molecule has 0 atom stereocenters. The van der Waals surface area contributed by atoms with Gasteiger partial charge in [-0.1, -0.05) is 0 Å². The molecule has 0 bridgehead atoms. The Hall–Kier alpha value is -3.49. The number of amides is 1. The normalized spacial score (nSPS) is 15.4. The zero-order chi connectivity index (χ0) is 21.4. The number of fused-ring (bicyclic) bond motifs is 3. The van der Waals surface area contributed by atoms with Gasteiger partial charge in [-0.05, 0) is 31.1 Å². The van der Waals surface area contributed by atoms with Crippen LogP contribution in [0.5, 0.6) is 0 Å². The number of benzene rings is 1. The first-order chi connectivity index (χ1) is 14.3. The molecule has 9 heteroatoms. The lowest BCUT2D eigenvalue weighted by atomic mass is 10.1. The van der Waals surface area contributed by atoms with Crippen molar-refractivity contribution in [3.05, 3.63) is 35.9 Å². The fourth-order valence-electron chi connectivity index (χ4n) is 3.82. The predicted octanol–water partition coefficient (Wildman–Crippen LogP) is 1.41. The van der Waals surface area contributed by atoms with Crippen molar-refractivity contribution < 1.29 is 4.79 Å². The second-order valence-corrected chi connectivity index (χ2v) is 7.80. The zero-order valence-electron chi connectivity index (χ0n) is 17.8. The van der Waals surface area contributed by atoms with Gasteiger partial charge in [0.1, 0.15) is 12.1 Å². The monoisotopic (exact) mass is 406 g/mol. The Labute approximate surface area is 174 Å². The third-order valence-corrected chi connectivity index (χ3v) is 5.21. The van der Waals surface area contributed by atoms with Crippen LogP contribution in [0.15, 0.2) is 35.4 Å². The van der Waals surface area contributed by atoms with Crippen molar-refractivity contribution in [3.63, 3.8) is 0 Å². The van der Waals surface area contributed by atoms with Gasteiger partial charge in [0, 0.05) is 45.8 Å². The molecule has 1 aliphatic rings. The van der Waals surface area contributed by atoms with Crippen LogP contribution >= 0.6 is 0 Å². The summed E-state index contributed by atoms with van der Waals surface area (Å²) in [6, 6.07) is 2.06. The van der Waals surface area contributed by atoms with Crippen LogP contribution in [0.4, 0.5) is 5.82 Å². The molecule has 3 heterocycles. The van der Waals surface area contributed by atoms with Gasteiger partial charge in [0.25, 0.3) is 5.91 Å². The third kappa shape index (κ3) is 3.58. The molecule has 156 valence electrons. The Kier molecular flexibility index (Phi) is 5.11. The van der Waals surface area contributed by atoms with Crippen molar-refractivity contribution in [2.24, 2.45) is 17.8 Å². The molecule has 2 N–H and O–H groups in total. The quantitative estimate of drug-likeness (QED) is 0.659. The number of carbonyl (C=O) groups excluding carboxylic acids is 1. The minimum Gasteiger partial charge on any atom is -0.394 e. The molecule has 0 radical (unpaired) electrons. The van der Waals surface area contributed by atoms with Crippen LogP contribution in [0.25, 0.3) is 21.8 Å². The van der Waals surface area contributed by atoms with Crippen molar-refractivity contribution in [3.8, 4) is 0 Å². The number of hydrogen-bond acceptors (Lipinski definition) is 7. The fourth-order valence-corrected chi connectivity index (χ4v) is 3.82. The van der Waals surface area contributed by atoms with Crippen molar-refractivity contribution in [2.45, 2.75) is 13.3 Å². The Bertz CT molecular complexity index is 1190. The summed E-state index contributed by atoms with van der Waals surface area (Å²) in [6.45, 7) is 4.03. The van der Waals surface area contributed by atoms with E-state index in [-0.39, 0.29) is 11.6 Å². The van der Waals surface area contributed by atoms with Crippen molar-refractivity contribution in [1.82, 2.24) is 24.6 Å². The van der Waals surface area contributed by atoms with E-state index in [9.17, 15) is 4.79 Å². The lowest BCUT2D eigenvalue weighted by molar-refractivity contribution is -0.124. The highest BCUT2D eigenvalue weighted by Crippen LogP contribution is 2.33. The summed E-state index contributed by atoms with van der Waals surface area (Å²) in [5.41, 5.74) is 9.85. The van der Waals surface area contributed by atoms with E-state index in [0.29, 0.717) is 13.1 Å². The van der Waals surface area contributed by atoms with Gasteiger partial charge in [-0.3, -0.25) is 14.5 Å². The van der Waals surface area contributed by atoms with Crippen LogP contribution in [0, 0.1) is 6.92 Å². The van der Waals surface area contributed by atoms with E-state index < -0.39 is 0 Å². The number of nitrogens with two attached hydrogens (primary N) is 1. The molecule has 1 amide bonds. The lowest BCUT2D eigenvalue weighted by Gasteiger charge is -2.23. The number of carbonyl (C=O) groups is 1. The fraction of sp³-hybridized carbons (Fsp3) is 0.381. The van der Waals surface area contributed by atoms with E-state index in [1.165, 1.54) is 4.90 Å². The third-order valence-electron chi connectivity index (χ3n) is 5.21. The molecule has 1 aliphatic heterocycles. The summed E-state index contributed by atoms with van der Waals surface area (Å²) >= 11 is 0. The topological polar surface area (TPSA) is 106 Å². The highest BCUT2D eigenvalue weighted by atomic mass is 16.2. The number of aryl methyl sites for hydroxylation is 2. The molecule has 0 unspecified atom stereocenters. The van der Waals surface area contributed by atoms with Gasteiger partial charge in [0.2, 0.25) is 0 Å². The molecule has 2 aromatic heterocycles. The smallest absolute Gasteiger partial charge is 0.269 e. The van der Waals surface area contributed by atoms with Crippen LogP contribution < -0.4 is 10.6 Å². The predicted molar refractivity (Wildman–Crippen MR) is 119 cm³/mol. The van der Waals surface area contributed by atoms with Crippen LogP contribution in [-0.4, -0.2) is 70.0 Å². The molecule has 0 saturated carbocycles. The van der Waals surface area contributed by atoms with Crippen LogP contribution in [0.2, 0.25) is 0 Å². The maximum atomic E-state index is 12.1. The van der Waals surface area contributed by atoms with Gasteiger partial charge in [-0.25, -0.2) is 9.97 Å².